The van der Waals surface area contributed by atoms with Crippen LogP contribution in [0, 0.1) is 3.57 Å². The van der Waals surface area contributed by atoms with Crippen molar-refractivity contribution in [1.82, 2.24) is 0 Å². The Hall–Kier alpha value is 0.620. The molecule has 1 aromatic rings. The van der Waals surface area contributed by atoms with Gasteiger partial charge in [0, 0.05) is 0 Å². The summed E-state index contributed by atoms with van der Waals surface area (Å²) in [5.74, 6) is 0.465. The van der Waals surface area contributed by atoms with Gasteiger partial charge in [-0.15, -0.1) is 0 Å². The predicted octanol–water partition coefficient (Wildman–Crippen LogP) is 4.26. The number of ether oxygens (including phenoxy) is 1. The number of rotatable bonds is 1. The minimum Gasteiger partial charge on any atom is -0.494 e. The average molecular weight is 337 g/mol. The zero-order chi connectivity index (χ0) is 9.30. The van der Waals surface area contributed by atoms with E-state index in [9.17, 15) is 0 Å². The van der Waals surface area contributed by atoms with Crippen molar-refractivity contribution >= 4 is 57.4 Å². The van der Waals surface area contributed by atoms with Gasteiger partial charge in [-0.3, -0.25) is 0 Å². The first-order chi connectivity index (χ1) is 5.57. The van der Waals surface area contributed by atoms with E-state index < -0.39 is 0 Å². The first-order valence-corrected chi connectivity index (χ1v) is 5.16. The molecule has 0 radical (unpaired) electrons. The van der Waals surface area contributed by atoms with Crippen molar-refractivity contribution in [3.8, 4) is 5.75 Å². The molecule has 0 saturated heterocycles. The molecule has 0 N–H and O–H groups in total. The lowest BCUT2D eigenvalue weighted by Crippen LogP contribution is -1.88. The van der Waals surface area contributed by atoms with Crippen molar-refractivity contribution in [3.63, 3.8) is 0 Å². The molecule has 0 spiro atoms. The molecule has 0 amide bonds. The monoisotopic (exact) mass is 336 g/mol. The third-order valence-electron chi connectivity index (χ3n) is 1.28. The molecule has 12 heavy (non-hydrogen) atoms. The lowest BCUT2D eigenvalue weighted by Gasteiger charge is -2.07. The maximum Gasteiger partial charge on any atom is 0.157 e. The molecule has 66 valence electrons. The molecule has 0 saturated carbocycles. The Labute approximate surface area is 99.1 Å². The van der Waals surface area contributed by atoms with E-state index in [2.05, 4.69) is 0 Å². The maximum absolute atomic E-state index is 5.90. The number of halogens is 4. The number of methoxy groups -OCH3 is 1. The highest BCUT2D eigenvalue weighted by Gasteiger charge is 2.12. The van der Waals surface area contributed by atoms with E-state index >= 15 is 0 Å². The third kappa shape index (κ3) is 1.92. The van der Waals surface area contributed by atoms with E-state index in [0.29, 0.717) is 20.8 Å². The largest absolute Gasteiger partial charge is 0.494 e. The van der Waals surface area contributed by atoms with E-state index in [0.717, 1.165) is 3.57 Å². The van der Waals surface area contributed by atoms with Crippen molar-refractivity contribution in [2.45, 2.75) is 0 Å². The van der Waals surface area contributed by atoms with E-state index in [4.69, 9.17) is 39.5 Å². The minimum absolute atomic E-state index is 0.424. The highest BCUT2D eigenvalue weighted by molar-refractivity contribution is 14.1. The lowest BCUT2D eigenvalue weighted by atomic mass is 10.3. The zero-order valence-corrected chi connectivity index (χ0v) is 10.4. The van der Waals surface area contributed by atoms with E-state index in [-0.39, 0.29) is 0 Å². The van der Waals surface area contributed by atoms with Crippen molar-refractivity contribution in [1.29, 1.82) is 0 Å². The van der Waals surface area contributed by atoms with Gasteiger partial charge in [0.1, 0.15) is 0 Å². The molecular weight excluding hydrogens is 333 g/mol. The Morgan fingerprint density at radius 2 is 1.83 bits per heavy atom. The van der Waals surface area contributed by atoms with Crippen molar-refractivity contribution < 1.29 is 4.74 Å². The molecule has 0 bridgehead atoms. The molecule has 0 atom stereocenters. The second-order valence-electron chi connectivity index (χ2n) is 2.00. The average Bonchev–Trinajstić information content (AvgIpc) is 2.01. The summed E-state index contributed by atoms with van der Waals surface area (Å²) in [6.07, 6.45) is 0. The molecule has 1 aromatic carbocycles. The second kappa shape index (κ2) is 4.22. The SMILES string of the molecule is COc1c(Cl)cc(Cl)c(I)c1Cl. The molecule has 0 unspecified atom stereocenters. The molecule has 0 aliphatic rings. The molecule has 1 nitrogen and oxygen atoms in total. The van der Waals surface area contributed by atoms with Crippen LogP contribution in [0.2, 0.25) is 15.1 Å². The summed E-state index contributed by atoms with van der Waals surface area (Å²) in [6, 6.07) is 1.61. The Morgan fingerprint density at radius 3 is 2.33 bits per heavy atom. The second-order valence-corrected chi connectivity index (χ2v) is 4.27. The van der Waals surface area contributed by atoms with Crippen LogP contribution in [0.4, 0.5) is 0 Å². The van der Waals surface area contributed by atoms with Gasteiger partial charge in [-0.1, -0.05) is 34.8 Å². The summed E-state index contributed by atoms with van der Waals surface area (Å²) in [5.41, 5.74) is 0. The Balaban J connectivity index is 3.40. The van der Waals surface area contributed by atoms with Gasteiger partial charge in [0.05, 0.1) is 25.7 Å². The zero-order valence-electron chi connectivity index (χ0n) is 6.00. The van der Waals surface area contributed by atoms with Crippen LogP contribution in [0.15, 0.2) is 6.07 Å². The summed E-state index contributed by atoms with van der Waals surface area (Å²) in [4.78, 5) is 0. The van der Waals surface area contributed by atoms with Crippen LogP contribution in [0.25, 0.3) is 0 Å². The highest BCUT2D eigenvalue weighted by atomic mass is 127. The first-order valence-electron chi connectivity index (χ1n) is 2.95. The van der Waals surface area contributed by atoms with Crippen LogP contribution in [-0.2, 0) is 0 Å². The summed E-state index contributed by atoms with van der Waals surface area (Å²) >= 11 is 19.6. The summed E-state index contributed by atoms with van der Waals surface area (Å²) in [6.45, 7) is 0. The fraction of sp³-hybridized carbons (Fsp3) is 0.143. The Kier molecular flexibility index (Phi) is 3.76. The summed E-state index contributed by atoms with van der Waals surface area (Å²) in [7, 11) is 1.51. The molecule has 0 aliphatic carbocycles. The first kappa shape index (κ1) is 10.7. The van der Waals surface area contributed by atoms with Crippen LogP contribution >= 0.6 is 57.4 Å². The molecular formula is C7H4Cl3IO. The van der Waals surface area contributed by atoms with Gasteiger partial charge in [0.25, 0.3) is 0 Å². The number of hydrogen-bond donors (Lipinski definition) is 0. The van der Waals surface area contributed by atoms with Gasteiger partial charge in [-0.05, 0) is 28.7 Å². The van der Waals surface area contributed by atoms with Crippen molar-refractivity contribution in [2.24, 2.45) is 0 Å². The van der Waals surface area contributed by atoms with Crippen molar-refractivity contribution in [2.75, 3.05) is 7.11 Å². The van der Waals surface area contributed by atoms with E-state index in [1.165, 1.54) is 7.11 Å². The highest BCUT2D eigenvalue weighted by Crippen LogP contribution is 2.39. The van der Waals surface area contributed by atoms with E-state index in [1.807, 2.05) is 22.6 Å². The van der Waals surface area contributed by atoms with Crippen LogP contribution in [0.1, 0.15) is 0 Å². The minimum atomic E-state index is 0.424. The Bertz CT molecular complexity index is 314. The van der Waals surface area contributed by atoms with Gasteiger partial charge in [0.2, 0.25) is 0 Å². The molecule has 0 aliphatic heterocycles. The quantitative estimate of drug-likeness (QED) is 0.423. The van der Waals surface area contributed by atoms with Crippen molar-refractivity contribution in [3.05, 3.63) is 24.7 Å². The number of benzene rings is 1. The fourth-order valence-electron chi connectivity index (χ4n) is 0.737. The molecule has 0 fully saturated rings. The fourth-order valence-corrected chi connectivity index (χ4v) is 2.05. The Morgan fingerprint density at radius 1 is 1.25 bits per heavy atom. The van der Waals surface area contributed by atoms with Gasteiger partial charge in [0.15, 0.2) is 5.75 Å². The normalized spacial score (nSPS) is 10.1. The van der Waals surface area contributed by atoms with Gasteiger partial charge in [-0.2, -0.15) is 0 Å². The maximum atomic E-state index is 5.90. The topological polar surface area (TPSA) is 9.23 Å². The smallest absolute Gasteiger partial charge is 0.157 e. The molecule has 1 rings (SSSR count). The molecule has 5 heteroatoms. The van der Waals surface area contributed by atoms with E-state index in [1.54, 1.807) is 6.07 Å². The summed E-state index contributed by atoms with van der Waals surface area (Å²) in [5, 5.41) is 1.41. The lowest BCUT2D eigenvalue weighted by molar-refractivity contribution is 0.415. The van der Waals surface area contributed by atoms with Crippen LogP contribution in [-0.4, -0.2) is 7.11 Å². The van der Waals surface area contributed by atoms with Gasteiger partial charge in [-0.25, -0.2) is 0 Å². The summed E-state index contributed by atoms with van der Waals surface area (Å²) < 4.78 is 5.73. The van der Waals surface area contributed by atoms with Gasteiger partial charge >= 0.3 is 0 Å². The van der Waals surface area contributed by atoms with Gasteiger partial charge < -0.3 is 4.74 Å². The van der Waals surface area contributed by atoms with Crippen LogP contribution in [0.3, 0.4) is 0 Å². The van der Waals surface area contributed by atoms with Crippen LogP contribution < -0.4 is 4.74 Å². The molecule has 0 aromatic heterocycles. The van der Waals surface area contributed by atoms with Crippen LogP contribution in [0.5, 0.6) is 5.75 Å². The molecule has 0 heterocycles. The predicted molar refractivity (Wildman–Crippen MR) is 60.7 cm³/mol. The number of hydrogen-bond acceptors (Lipinski definition) is 1. The third-order valence-corrected chi connectivity index (χ3v) is 3.97. The standard InChI is InChI=1S/C7H4Cl3IO/c1-12-7-4(9)2-3(8)6(11)5(7)10/h2H,1H3.